The minimum absolute atomic E-state index is 0.707. The van der Waals surface area contributed by atoms with Crippen molar-refractivity contribution < 1.29 is 0 Å². The van der Waals surface area contributed by atoms with Gasteiger partial charge in [0.2, 0.25) is 0 Å². The van der Waals surface area contributed by atoms with Gasteiger partial charge in [0, 0.05) is 38.3 Å². The molecule has 2 aliphatic rings. The maximum absolute atomic E-state index is 3.57. The molecule has 2 aliphatic heterocycles. The summed E-state index contributed by atoms with van der Waals surface area (Å²) in [5, 5.41) is 14.2. The predicted molar refractivity (Wildman–Crippen MR) is 77.0 cm³/mol. The van der Waals surface area contributed by atoms with Crippen LogP contribution in [-0.4, -0.2) is 51.4 Å². The van der Waals surface area contributed by atoms with Crippen molar-refractivity contribution in [2.24, 2.45) is 0 Å². The topological polar surface area (TPSA) is 48.1 Å². The molecule has 0 bridgehead atoms. The molecule has 0 spiro atoms. The molecule has 0 aliphatic carbocycles. The van der Waals surface area contributed by atoms with Crippen molar-refractivity contribution in [1.82, 2.24) is 21.3 Å². The molecule has 2 rings (SSSR count). The smallest absolute Gasteiger partial charge is 0.0192 e. The van der Waals surface area contributed by atoms with Gasteiger partial charge in [0.15, 0.2) is 0 Å². The van der Waals surface area contributed by atoms with E-state index in [9.17, 15) is 0 Å². The molecule has 4 N–H and O–H groups in total. The summed E-state index contributed by atoms with van der Waals surface area (Å²) in [4.78, 5) is 0. The Morgan fingerprint density at radius 1 is 0.722 bits per heavy atom. The average Bonchev–Trinajstić information content (AvgIpc) is 2.45. The van der Waals surface area contributed by atoms with E-state index >= 15 is 0 Å². The van der Waals surface area contributed by atoms with Crippen LogP contribution in [0.5, 0.6) is 0 Å². The minimum Gasteiger partial charge on any atom is -0.314 e. The third-order valence-electron chi connectivity index (χ3n) is 4.08. The van der Waals surface area contributed by atoms with Crippen LogP contribution in [-0.2, 0) is 0 Å². The molecular weight excluding hydrogens is 224 g/mol. The molecule has 2 atom stereocenters. The van der Waals surface area contributed by atoms with E-state index in [1.807, 2.05) is 0 Å². The van der Waals surface area contributed by atoms with Crippen molar-refractivity contribution in [3.05, 3.63) is 0 Å². The summed E-state index contributed by atoms with van der Waals surface area (Å²) in [6.45, 7) is 6.85. The summed E-state index contributed by atoms with van der Waals surface area (Å²) < 4.78 is 0. The van der Waals surface area contributed by atoms with Crippen molar-refractivity contribution in [2.75, 3.05) is 39.3 Å². The minimum atomic E-state index is 0.707. The van der Waals surface area contributed by atoms with Crippen LogP contribution >= 0.6 is 0 Å². The molecule has 18 heavy (non-hydrogen) atoms. The fraction of sp³-hybridized carbons (Fsp3) is 1.00. The number of piperidine rings is 2. The molecule has 0 aromatic carbocycles. The zero-order valence-corrected chi connectivity index (χ0v) is 11.6. The van der Waals surface area contributed by atoms with E-state index in [1.54, 1.807) is 0 Å². The molecule has 2 fully saturated rings. The summed E-state index contributed by atoms with van der Waals surface area (Å²) in [5.74, 6) is 0. The Kier molecular flexibility index (Phi) is 7.01. The zero-order valence-electron chi connectivity index (χ0n) is 11.6. The van der Waals surface area contributed by atoms with Crippen LogP contribution in [0.1, 0.15) is 38.5 Å². The second-order valence-corrected chi connectivity index (χ2v) is 5.70. The number of nitrogens with one attached hydrogen (secondary N) is 4. The van der Waals surface area contributed by atoms with E-state index in [0.717, 1.165) is 26.2 Å². The summed E-state index contributed by atoms with van der Waals surface area (Å²) in [5.41, 5.74) is 0. The molecular formula is C14H30N4. The highest BCUT2D eigenvalue weighted by atomic mass is 15.0. The number of rotatable bonds is 7. The van der Waals surface area contributed by atoms with Crippen LogP contribution in [0.15, 0.2) is 0 Å². The summed E-state index contributed by atoms with van der Waals surface area (Å²) in [7, 11) is 0. The number of hydrogen-bond donors (Lipinski definition) is 4. The normalized spacial score (nSPS) is 29.3. The molecule has 4 heteroatoms. The van der Waals surface area contributed by atoms with Gasteiger partial charge in [-0.05, 0) is 38.8 Å². The van der Waals surface area contributed by atoms with E-state index in [0.29, 0.717) is 12.1 Å². The largest absolute Gasteiger partial charge is 0.314 e. The standard InChI is InChI=1S/C14H30N4/c1-3-7-17-13(5-1)11-15-9-10-16-12-14-6-2-4-8-18-14/h13-18H,1-12H2. The fourth-order valence-electron chi connectivity index (χ4n) is 2.93. The first kappa shape index (κ1) is 14.3. The fourth-order valence-corrected chi connectivity index (χ4v) is 2.93. The van der Waals surface area contributed by atoms with Crippen LogP contribution in [0.4, 0.5) is 0 Å². The summed E-state index contributed by atoms with van der Waals surface area (Å²) in [6, 6.07) is 1.41. The molecule has 2 unspecified atom stereocenters. The Bertz CT molecular complexity index is 176. The Morgan fingerprint density at radius 3 is 1.61 bits per heavy atom. The quantitative estimate of drug-likeness (QED) is 0.498. The van der Waals surface area contributed by atoms with Gasteiger partial charge in [-0.3, -0.25) is 0 Å². The van der Waals surface area contributed by atoms with Gasteiger partial charge in [-0.2, -0.15) is 0 Å². The highest BCUT2D eigenvalue weighted by molar-refractivity contribution is 4.76. The molecule has 0 aromatic rings. The maximum atomic E-state index is 3.57. The van der Waals surface area contributed by atoms with Gasteiger partial charge >= 0.3 is 0 Å². The predicted octanol–water partition coefficient (Wildman–Crippen LogP) is 0.450. The van der Waals surface area contributed by atoms with Gasteiger partial charge in [-0.25, -0.2) is 0 Å². The van der Waals surface area contributed by atoms with E-state index in [2.05, 4.69) is 21.3 Å². The Labute approximate surface area is 112 Å². The lowest BCUT2D eigenvalue weighted by Crippen LogP contribution is -2.45. The van der Waals surface area contributed by atoms with Crippen LogP contribution in [0, 0.1) is 0 Å². The zero-order chi connectivity index (χ0) is 12.5. The lowest BCUT2D eigenvalue weighted by atomic mass is 10.1. The first-order valence-electron chi connectivity index (χ1n) is 7.83. The Balaban J connectivity index is 1.39. The lowest BCUT2D eigenvalue weighted by molar-refractivity contribution is 0.372. The van der Waals surface area contributed by atoms with Crippen LogP contribution in [0.3, 0.4) is 0 Å². The summed E-state index contributed by atoms with van der Waals surface area (Å²) >= 11 is 0. The SMILES string of the molecule is C1CCC(CNCCNCC2CCCCN2)NC1. The van der Waals surface area contributed by atoms with Crippen LogP contribution in [0.2, 0.25) is 0 Å². The van der Waals surface area contributed by atoms with Crippen molar-refractivity contribution in [3.63, 3.8) is 0 Å². The van der Waals surface area contributed by atoms with E-state index in [-0.39, 0.29) is 0 Å². The third kappa shape index (κ3) is 5.65. The number of hydrogen-bond acceptors (Lipinski definition) is 4. The van der Waals surface area contributed by atoms with Crippen molar-refractivity contribution >= 4 is 0 Å². The van der Waals surface area contributed by atoms with Gasteiger partial charge in [-0.15, -0.1) is 0 Å². The molecule has 106 valence electrons. The molecule has 0 saturated carbocycles. The van der Waals surface area contributed by atoms with Crippen molar-refractivity contribution in [2.45, 2.75) is 50.6 Å². The first-order valence-corrected chi connectivity index (χ1v) is 7.83. The second kappa shape index (κ2) is 8.86. The third-order valence-corrected chi connectivity index (χ3v) is 4.08. The molecule has 0 radical (unpaired) electrons. The monoisotopic (exact) mass is 254 g/mol. The Hall–Kier alpha value is -0.160. The molecule has 2 heterocycles. The highest BCUT2D eigenvalue weighted by Gasteiger charge is 2.12. The van der Waals surface area contributed by atoms with Gasteiger partial charge in [0.1, 0.15) is 0 Å². The van der Waals surface area contributed by atoms with Crippen LogP contribution < -0.4 is 21.3 Å². The molecule has 0 amide bonds. The van der Waals surface area contributed by atoms with Gasteiger partial charge in [0.25, 0.3) is 0 Å². The molecule has 2 saturated heterocycles. The first-order chi connectivity index (χ1) is 8.95. The highest BCUT2D eigenvalue weighted by Crippen LogP contribution is 2.06. The summed E-state index contributed by atoms with van der Waals surface area (Å²) in [6.07, 6.45) is 8.17. The van der Waals surface area contributed by atoms with Crippen molar-refractivity contribution in [1.29, 1.82) is 0 Å². The molecule has 4 nitrogen and oxygen atoms in total. The second-order valence-electron chi connectivity index (χ2n) is 5.70. The van der Waals surface area contributed by atoms with Gasteiger partial charge < -0.3 is 21.3 Å². The van der Waals surface area contributed by atoms with Crippen molar-refractivity contribution in [3.8, 4) is 0 Å². The molecule has 0 aromatic heterocycles. The Morgan fingerprint density at radius 2 is 1.22 bits per heavy atom. The van der Waals surface area contributed by atoms with E-state index in [4.69, 9.17) is 0 Å². The average molecular weight is 254 g/mol. The maximum Gasteiger partial charge on any atom is 0.0192 e. The van der Waals surface area contributed by atoms with E-state index in [1.165, 1.54) is 51.6 Å². The van der Waals surface area contributed by atoms with Gasteiger partial charge in [0.05, 0.1) is 0 Å². The lowest BCUT2D eigenvalue weighted by Gasteiger charge is -2.25. The van der Waals surface area contributed by atoms with E-state index < -0.39 is 0 Å². The van der Waals surface area contributed by atoms with Crippen LogP contribution in [0.25, 0.3) is 0 Å². The van der Waals surface area contributed by atoms with Gasteiger partial charge in [-0.1, -0.05) is 12.8 Å².